The van der Waals surface area contributed by atoms with E-state index in [1.807, 2.05) is 12.1 Å². The van der Waals surface area contributed by atoms with Crippen LogP contribution < -0.4 is 10.2 Å². The van der Waals surface area contributed by atoms with Crippen molar-refractivity contribution >= 4 is 22.7 Å². The monoisotopic (exact) mass is 349 g/mol. The fourth-order valence-corrected chi connectivity index (χ4v) is 2.35. The Morgan fingerprint density at radius 1 is 1.20 bits per heavy atom. The third-order valence-electron chi connectivity index (χ3n) is 3.72. The molecule has 2 amide bonds. The number of carbonyl (C=O) groups excluding carboxylic acids is 1. The predicted octanol–water partition coefficient (Wildman–Crippen LogP) is 4.19. The molecule has 0 fully saturated rings. The molecule has 0 aliphatic rings. The van der Waals surface area contributed by atoms with Gasteiger partial charge >= 0.3 is 12.2 Å². The van der Waals surface area contributed by atoms with Gasteiger partial charge in [-0.3, -0.25) is 4.90 Å². The molecule has 0 saturated carbocycles. The highest BCUT2D eigenvalue weighted by molar-refractivity contribution is 5.91. The highest BCUT2D eigenvalue weighted by Crippen LogP contribution is 2.31. The zero-order chi connectivity index (χ0) is 18.0. The van der Waals surface area contributed by atoms with E-state index < -0.39 is 17.8 Å². The number of nitrogens with one attached hydrogen (secondary N) is 1. The summed E-state index contributed by atoms with van der Waals surface area (Å²) in [6, 6.07) is 11.2. The zero-order valence-electron chi connectivity index (χ0n) is 13.2. The normalized spacial score (nSPS) is 11.5. The third kappa shape index (κ3) is 3.57. The van der Waals surface area contributed by atoms with Crippen molar-refractivity contribution in [1.29, 1.82) is 0 Å². The number of fused-ring (bicyclic) bond motifs is 1. The highest BCUT2D eigenvalue weighted by Gasteiger charge is 2.31. The summed E-state index contributed by atoms with van der Waals surface area (Å²) in [4.78, 5) is 13.3. The van der Waals surface area contributed by atoms with Crippen molar-refractivity contribution in [2.45, 2.75) is 12.7 Å². The summed E-state index contributed by atoms with van der Waals surface area (Å²) in [6.45, 7) is 0.0964. The van der Waals surface area contributed by atoms with E-state index in [-0.39, 0.29) is 12.2 Å². The molecule has 0 aliphatic heterocycles. The lowest BCUT2D eigenvalue weighted by atomic mass is 10.2. The van der Waals surface area contributed by atoms with Crippen molar-refractivity contribution < 1.29 is 22.5 Å². The molecular weight excluding hydrogens is 335 g/mol. The minimum atomic E-state index is -4.47. The molecule has 0 spiro atoms. The predicted molar refractivity (Wildman–Crippen MR) is 86.1 cm³/mol. The smallest absolute Gasteiger partial charge is 0.356 e. The van der Waals surface area contributed by atoms with Crippen LogP contribution >= 0.6 is 0 Å². The fourth-order valence-electron chi connectivity index (χ4n) is 2.35. The number of alkyl halides is 3. The van der Waals surface area contributed by atoms with Gasteiger partial charge in [0.05, 0.1) is 12.1 Å². The first kappa shape index (κ1) is 16.8. The summed E-state index contributed by atoms with van der Waals surface area (Å²) in [5, 5.41) is 7.27. The Bertz CT molecular complexity index is 905. The summed E-state index contributed by atoms with van der Waals surface area (Å²) in [7, 11) is 1.39. The summed E-state index contributed by atoms with van der Waals surface area (Å²) in [6.07, 6.45) is -4.47. The molecule has 25 heavy (non-hydrogen) atoms. The second-order valence-corrected chi connectivity index (χ2v) is 5.39. The van der Waals surface area contributed by atoms with Gasteiger partial charge in [0.2, 0.25) is 0 Å². The molecule has 3 rings (SSSR count). The number of aromatic nitrogens is 1. The Kier molecular flexibility index (Phi) is 4.35. The van der Waals surface area contributed by atoms with Gasteiger partial charge < -0.3 is 9.84 Å². The number of rotatable bonds is 3. The lowest BCUT2D eigenvalue weighted by Gasteiger charge is -2.19. The van der Waals surface area contributed by atoms with Crippen LogP contribution in [0.15, 0.2) is 53.1 Å². The van der Waals surface area contributed by atoms with Crippen molar-refractivity contribution in [2.24, 2.45) is 0 Å². The highest BCUT2D eigenvalue weighted by atomic mass is 19.4. The van der Waals surface area contributed by atoms with Crippen LogP contribution in [0.25, 0.3) is 11.0 Å². The zero-order valence-corrected chi connectivity index (χ0v) is 13.2. The van der Waals surface area contributed by atoms with Gasteiger partial charge in [0.25, 0.3) is 0 Å². The van der Waals surface area contributed by atoms with Gasteiger partial charge in [-0.2, -0.15) is 13.2 Å². The standard InChI is InChI=1S/C17H14F3N3O2/c1-23(12-6-4-5-11(9-12)17(18,19)20)16(24)21-10-14-13-7-2-3-8-15(13)25-22-14/h2-9H,10H2,1H3,(H,21,24). The lowest BCUT2D eigenvalue weighted by molar-refractivity contribution is -0.137. The molecule has 1 heterocycles. The first-order valence-electron chi connectivity index (χ1n) is 7.38. The number of carbonyl (C=O) groups is 1. The first-order chi connectivity index (χ1) is 11.9. The van der Waals surface area contributed by atoms with Crippen LogP contribution in [0.5, 0.6) is 0 Å². The first-order valence-corrected chi connectivity index (χ1v) is 7.38. The van der Waals surface area contributed by atoms with Crippen LogP contribution in [0.1, 0.15) is 11.3 Å². The van der Waals surface area contributed by atoms with Crippen LogP contribution in [-0.2, 0) is 12.7 Å². The molecular formula is C17H14F3N3O2. The number of nitrogens with zero attached hydrogens (tertiary/aromatic N) is 2. The molecule has 8 heteroatoms. The summed E-state index contributed by atoms with van der Waals surface area (Å²) >= 11 is 0. The topological polar surface area (TPSA) is 58.4 Å². The van der Waals surface area contributed by atoms with Gasteiger partial charge in [0, 0.05) is 18.1 Å². The average molecular weight is 349 g/mol. The second-order valence-electron chi connectivity index (χ2n) is 5.39. The van der Waals surface area contributed by atoms with E-state index in [1.165, 1.54) is 19.2 Å². The van der Waals surface area contributed by atoms with Crippen molar-refractivity contribution in [3.05, 3.63) is 59.8 Å². The van der Waals surface area contributed by atoms with Crippen LogP contribution in [-0.4, -0.2) is 18.2 Å². The maximum Gasteiger partial charge on any atom is 0.416 e. The second kappa shape index (κ2) is 6.46. The lowest BCUT2D eigenvalue weighted by Crippen LogP contribution is -2.37. The Morgan fingerprint density at radius 3 is 2.72 bits per heavy atom. The Balaban J connectivity index is 1.71. The minimum absolute atomic E-state index is 0.0964. The summed E-state index contributed by atoms with van der Waals surface area (Å²) in [5.41, 5.74) is 0.462. The summed E-state index contributed by atoms with van der Waals surface area (Å²) < 4.78 is 43.5. The molecule has 1 N–H and O–H groups in total. The molecule has 0 unspecified atom stereocenters. The van der Waals surface area contributed by atoms with E-state index in [4.69, 9.17) is 4.52 Å². The van der Waals surface area contributed by atoms with Crippen LogP contribution in [0.3, 0.4) is 0 Å². The summed E-state index contributed by atoms with van der Waals surface area (Å²) in [5.74, 6) is 0. The van der Waals surface area contributed by atoms with Crippen LogP contribution in [0, 0.1) is 0 Å². The quantitative estimate of drug-likeness (QED) is 0.771. The van der Waals surface area contributed by atoms with Crippen LogP contribution in [0.2, 0.25) is 0 Å². The number of halogens is 3. The van der Waals surface area contributed by atoms with E-state index in [9.17, 15) is 18.0 Å². The van der Waals surface area contributed by atoms with Gasteiger partial charge in [0.15, 0.2) is 5.58 Å². The number of benzene rings is 2. The number of hydrogen-bond acceptors (Lipinski definition) is 3. The number of amides is 2. The number of para-hydroxylation sites is 1. The van der Waals surface area contributed by atoms with Gasteiger partial charge in [-0.25, -0.2) is 4.79 Å². The average Bonchev–Trinajstić information content (AvgIpc) is 3.01. The van der Waals surface area contributed by atoms with E-state index in [1.54, 1.807) is 12.1 Å². The molecule has 0 radical (unpaired) electrons. The van der Waals surface area contributed by atoms with Gasteiger partial charge in [-0.15, -0.1) is 0 Å². The molecule has 130 valence electrons. The van der Waals surface area contributed by atoms with E-state index in [0.29, 0.717) is 11.3 Å². The van der Waals surface area contributed by atoms with E-state index >= 15 is 0 Å². The molecule has 0 atom stereocenters. The van der Waals surface area contributed by atoms with E-state index in [0.717, 1.165) is 22.4 Å². The maximum absolute atomic E-state index is 12.8. The molecule has 0 aliphatic carbocycles. The third-order valence-corrected chi connectivity index (χ3v) is 3.72. The van der Waals surface area contributed by atoms with E-state index in [2.05, 4.69) is 10.5 Å². The Morgan fingerprint density at radius 2 is 1.96 bits per heavy atom. The van der Waals surface area contributed by atoms with Crippen molar-refractivity contribution in [2.75, 3.05) is 11.9 Å². The molecule has 3 aromatic rings. The molecule has 0 bridgehead atoms. The number of hydrogen-bond donors (Lipinski definition) is 1. The van der Waals surface area contributed by atoms with Gasteiger partial charge in [-0.05, 0) is 30.3 Å². The Labute approximate surface area is 141 Å². The van der Waals surface area contributed by atoms with Crippen molar-refractivity contribution in [3.63, 3.8) is 0 Å². The van der Waals surface area contributed by atoms with Crippen LogP contribution in [0.4, 0.5) is 23.7 Å². The maximum atomic E-state index is 12.8. The minimum Gasteiger partial charge on any atom is -0.356 e. The molecule has 2 aromatic carbocycles. The van der Waals surface area contributed by atoms with Gasteiger partial charge in [-0.1, -0.05) is 23.4 Å². The number of urea groups is 1. The Hall–Kier alpha value is -3.03. The van der Waals surface area contributed by atoms with Crippen molar-refractivity contribution in [1.82, 2.24) is 10.5 Å². The largest absolute Gasteiger partial charge is 0.416 e. The van der Waals surface area contributed by atoms with Crippen molar-refractivity contribution in [3.8, 4) is 0 Å². The molecule has 0 saturated heterocycles. The number of anilines is 1. The SMILES string of the molecule is CN(C(=O)NCc1noc2ccccc12)c1cccc(C(F)(F)F)c1. The molecule has 1 aromatic heterocycles. The van der Waals surface area contributed by atoms with Gasteiger partial charge in [0.1, 0.15) is 5.69 Å². The fraction of sp³-hybridized carbons (Fsp3) is 0.176. The molecule has 5 nitrogen and oxygen atoms in total.